The summed E-state index contributed by atoms with van der Waals surface area (Å²) in [6.45, 7) is 4.70. The SMILES string of the molecule is CC12C=CC(=O)C=C1CCC1C2CCC2(C)C(C(=O)CSc3n[nH]c(N)n3)CCC12. The van der Waals surface area contributed by atoms with E-state index in [2.05, 4.69) is 35.1 Å². The minimum absolute atomic E-state index is 0.0155. The van der Waals surface area contributed by atoms with Gasteiger partial charge in [0.15, 0.2) is 5.78 Å². The zero-order valence-electron chi connectivity index (χ0n) is 17.7. The van der Waals surface area contributed by atoms with Crippen LogP contribution in [0.4, 0.5) is 5.95 Å². The molecule has 0 radical (unpaired) electrons. The summed E-state index contributed by atoms with van der Waals surface area (Å²) in [6.07, 6.45) is 12.4. The number of carbonyl (C=O) groups excluding carboxylic acids is 2. The number of carbonyl (C=O) groups is 2. The predicted octanol–water partition coefficient (Wildman–Crippen LogP) is 3.97. The zero-order chi connectivity index (χ0) is 21.1. The fourth-order valence-corrected chi connectivity index (χ4v) is 8.03. The van der Waals surface area contributed by atoms with Gasteiger partial charge in [-0.1, -0.05) is 37.3 Å². The van der Waals surface area contributed by atoms with E-state index in [9.17, 15) is 9.59 Å². The smallest absolute Gasteiger partial charge is 0.216 e. The number of nitrogens with one attached hydrogen (secondary N) is 1. The van der Waals surface area contributed by atoms with Gasteiger partial charge in [-0.15, -0.1) is 5.10 Å². The van der Waals surface area contributed by atoms with Gasteiger partial charge in [0.25, 0.3) is 0 Å². The Morgan fingerprint density at radius 2 is 2.10 bits per heavy atom. The molecule has 4 aliphatic rings. The number of ketones is 2. The fourth-order valence-electron chi connectivity index (χ4n) is 7.29. The molecule has 0 aromatic carbocycles. The first-order valence-electron chi connectivity index (χ1n) is 11.1. The lowest BCUT2D eigenvalue weighted by Gasteiger charge is -2.57. The molecule has 3 saturated carbocycles. The van der Waals surface area contributed by atoms with Crippen LogP contribution in [-0.4, -0.2) is 32.5 Å². The van der Waals surface area contributed by atoms with Gasteiger partial charge in [0.05, 0.1) is 5.75 Å². The number of hydrogen-bond acceptors (Lipinski definition) is 6. The Morgan fingerprint density at radius 1 is 1.27 bits per heavy atom. The van der Waals surface area contributed by atoms with Crippen molar-refractivity contribution in [3.05, 3.63) is 23.8 Å². The molecule has 6 nitrogen and oxygen atoms in total. The van der Waals surface area contributed by atoms with E-state index in [0.29, 0.717) is 34.4 Å². The van der Waals surface area contributed by atoms with Gasteiger partial charge in [0.2, 0.25) is 11.1 Å². The Kier molecular flexibility index (Phi) is 4.73. The molecule has 30 heavy (non-hydrogen) atoms. The molecule has 0 aliphatic heterocycles. The minimum atomic E-state index is 0.0155. The molecule has 0 amide bonds. The highest BCUT2D eigenvalue weighted by atomic mass is 32.2. The number of aromatic nitrogens is 3. The molecule has 0 saturated heterocycles. The molecule has 3 N–H and O–H groups in total. The van der Waals surface area contributed by atoms with E-state index in [4.69, 9.17) is 5.73 Å². The summed E-state index contributed by atoms with van der Waals surface area (Å²) in [5.74, 6) is 3.11. The van der Waals surface area contributed by atoms with Gasteiger partial charge in [-0.25, -0.2) is 5.10 Å². The summed E-state index contributed by atoms with van der Waals surface area (Å²) < 4.78 is 0. The maximum Gasteiger partial charge on any atom is 0.216 e. The highest BCUT2D eigenvalue weighted by molar-refractivity contribution is 7.99. The van der Waals surface area contributed by atoms with Crippen LogP contribution in [0.25, 0.3) is 0 Å². The molecule has 1 aromatic heterocycles. The second-order valence-electron chi connectivity index (χ2n) is 10.0. The number of H-pyrrole nitrogens is 1. The lowest BCUT2D eigenvalue weighted by molar-refractivity contribution is -0.126. The summed E-state index contributed by atoms with van der Waals surface area (Å²) >= 11 is 1.38. The Morgan fingerprint density at radius 3 is 2.87 bits per heavy atom. The second-order valence-corrected chi connectivity index (χ2v) is 11.0. The van der Waals surface area contributed by atoms with Gasteiger partial charge < -0.3 is 5.73 Å². The standard InChI is InChI=1S/C23H30N4O2S/c1-22-9-7-14(28)11-13(22)3-4-15-16-5-6-18(23(16,2)10-8-17(15)22)19(29)12-30-21-25-20(24)26-27-21/h7,9,11,15-18H,3-6,8,10,12H2,1-2H3,(H3,24,25,26,27). The van der Waals surface area contributed by atoms with E-state index in [-0.39, 0.29) is 28.5 Å². The first-order chi connectivity index (χ1) is 14.3. The van der Waals surface area contributed by atoms with E-state index >= 15 is 0 Å². The third kappa shape index (κ3) is 3.00. The average molecular weight is 427 g/mol. The van der Waals surface area contributed by atoms with Crippen molar-refractivity contribution in [3.63, 3.8) is 0 Å². The lowest BCUT2D eigenvalue weighted by atomic mass is 9.47. The van der Waals surface area contributed by atoms with Crippen molar-refractivity contribution in [1.29, 1.82) is 0 Å². The molecule has 0 spiro atoms. The van der Waals surface area contributed by atoms with Crippen molar-refractivity contribution >= 4 is 29.3 Å². The van der Waals surface area contributed by atoms with Gasteiger partial charge in [-0.2, -0.15) is 4.98 Å². The molecule has 7 heteroatoms. The van der Waals surface area contributed by atoms with E-state index in [1.54, 1.807) is 6.08 Å². The van der Waals surface area contributed by atoms with Gasteiger partial charge in [-0.3, -0.25) is 9.59 Å². The van der Waals surface area contributed by atoms with Crippen LogP contribution in [-0.2, 0) is 9.59 Å². The number of nitrogens with two attached hydrogens (primary N) is 1. The van der Waals surface area contributed by atoms with E-state index < -0.39 is 0 Å². The number of rotatable bonds is 4. The Bertz CT molecular complexity index is 953. The molecule has 1 heterocycles. The van der Waals surface area contributed by atoms with Gasteiger partial charge in [0, 0.05) is 11.3 Å². The summed E-state index contributed by atoms with van der Waals surface area (Å²) in [4.78, 5) is 29.2. The number of allylic oxidation sites excluding steroid dienone is 4. The molecule has 6 atom stereocenters. The van der Waals surface area contributed by atoms with Crippen molar-refractivity contribution < 1.29 is 9.59 Å². The molecular formula is C23H30N4O2S. The Labute approximate surface area is 181 Å². The van der Waals surface area contributed by atoms with Crippen LogP contribution in [0.1, 0.15) is 52.4 Å². The van der Waals surface area contributed by atoms with Crippen LogP contribution < -0.4 is 5.73 Å². The summed E-state index contributed by atoms with van der Waals surface area (Å²) in [7, 11) is 0. The maximum absolute atomic E-state index is 13.2. The Balaban J connectivity index is 1.33. The Hall–Kier alpha value is -1.89. The third-order valence-corrected chi connectivity index (χ3v) is 9.64. The van der Waals surface area contributed by atoms with Crippen molar-refractivity contribution in [1.82, 2.24) is 15.2 Å². The molecule has 4 aliphatic carbocycles. The molecule has 3 fully saturated rings. The molecule has 0 bridgehead atoms. The average Bonchev–Trinajstić information content (AvgIpc) is 3.29. The van der Waals surface area contributed by atoms with Crippen molar-refractivity contribution in [2.24, 2.45) is 34.5 Å². The van der Waals surface area contributed by atoms with Crippen LogP contribution in [0.15, 0.2) is 29.0 Å². The summed E-state index contributed by atoms with van der Waals surface area (Å²) in [6, 6.07) is 0. The lowest BCUT2D eigenvalue weighted by Crippen LogP contribution is -2.50. The van der Waals surface area contributed by atoms with Crippen LogP contribution in [0.2, 0.25) is 0 Å². The van der Waals surface area contributed by atoms with Crippen molar-refractivity contribution in [3.8, 4) is 0 Å². The number of anilines is 1. The van der Waals surface area contributed by atoms with Gasteiger partial charge in [-0.05, 0) is 73.8 Å². The van der Waals surface area contributed by atoms with Crippen molar-refractivity contribution in [2.45, 2.75) is 57.5 Å². The van der Waals surface area contributed by atoms with Gasteiger partial charge >= 0.3 is 0 Å². The summed E-state index contributed by atoms with van der Waals surface area (Å²) in [5.41, 5.74) is 7.02. The van der Waals surface area contributed by atoms with Crippen LogP contribution in [0.5, 0.6) is 0 Å². The number of nitrogens with zero attached hydrogens (tertiary/aromatic N) is 2. The van der Waals surface area contributed by atoms with Gasteiger partial charge in [0.1, 0.15) is 5.78 Å². The highest BCUT2D eigenvalue weighted by Crippen LogP contribution is 2.66. The second kappa shape index (κ2) is 7.08. The van der Waals surface area contributed by atoms with Crippen LogP contribution in [0.3, 0.4) is 0 Å². The highest BCUT2D eigenvalue weighted by Gasteiger charge is 2.59. The number of thioether (sulfide) groups is 1. The number of hydrogen-bond donors (Lipinski definition) is 2. The topological polar surface area (TPSA) is 102 Å². The number of fused-ring (bicyclic) bond motifs is 5. The zero-order valence-corrected chi connectivity index (χ0v) is 18.5. The molecular weight excluding hydrogens is 396 g/mol. The molecule has 6 unspecified atom stereocenters. The number of aromatic amines is 1. The van der Waals surface area contributed by atoms with Crippen LogP contribution in [0, 0.1) is 34.5 Å². The third-order valence-electron chi connectivity index (χ3n) is 8.77. The molecule has 5 rings (SSSR count). The van der Waals surface area contributed by atoms with E-state index in [0.717, 1.165) is 38.5 Å². The van der Waals surface area contributed by atoms with Crippen molar-refractivity contribution in [2.75, 3.05) is 11.5 Å². The summed E-state index contributed by atoms with van der Waals surface area (Å²) in [5, 5.41) is 7.20. The maximum atomic E-state index is 13.2. The monoisotopic (exact) mass is 426 g/mol. The number of Topliss-reactive ketones (excluding diaryl/α,β-unsaturated/α-hetero) is 1. The molecule has 160 valence electrons. The van der Waals surface area contributed by atoms with E-state index in [1.165, 1.54) is 17.3 Å². The largest absolute Gasteiger partial charge is 0.368 e. The quantitative estimate of drug-likeness (QED) is 0.706. The number of nitrogen functional groups attached to an aromatic ring is 1. The first kappa shape index (κ1) is 20.0. The van der Waals surface area contributed by atoms with E-state index in [1.807, 2.05) is 6.08 Å². The fraction of sp³-hybridized carbons (Fsp3) is 0.652. The minimum Gasteiger partial charge on any atom is -0.368 e. The van der Waals surface area contributed by atoms with Crippen LogP contribution >= 0.6 is 11.8 Å². The molecule has 1 aromatic rings. The first-order valence-corrected chi connectivity index (χ1v) is 12.1. The predicted molar refractivity (Wildman–Crippen MR) is 117 cm³/mol. The normalized spacial score (nSPS) is 39.8.